The SMILES string of the molecule is COc1cc(CN)cc(Br)c1OCc1c(Cl)cccc1Cl. The Morgan fingerprint density at radius 3 is 2.43 bits per heavy atom. The Morgan fingerprint density at radius 2 is 1.86 bits per heavy atom. The van der Waals surface area contributed by atoms with Crippen molar-refractivity contribution in [1.82, 2.24) is 0 Å². The smallest absolute Gasteiger partial charge is 0.175 e. The third-order valence-electron chi connectivity index (χ3n) is 2.95. The molecule has 21 heavy (non-hydrogen) atoms. The summed E-state index contributed by atoms with van der Waals surface area (Å²) in [5, 5.41) is 1.13. The molecule has 0 aromatic heterocycles. The molecule has 0 aliphatic carbocycles. The van der Waals surface area contributed by atoms with Crippen LogP contribution >= 0.6 is 39.1 Å². The molecule has 0 fully saturated rings. The molecule has 0 saturated heterocycles. The Bertz CT molecular complexity index is 630. The second kappa shape index (κ2) is 7.36. The van der Waals surface area contributed by atoms with Crippen molar-refractivity contribution < 1.29 is 9.47 Å². The molecule has 2 aromatic carbocycles. The van der Waals surface area contributed by atoms with Crippen LogP contribution in [0, 0.1) is 0 Å². The van der Waals surface area contributed by atoms with Gasteiger partial charge in [0.25, 0.3) is 0 Å². The van der Waals surface area contributed by atoms with Crippen LogP contribution in [-0.2, 0) is 13.2 Å². The minimum atomic E-state index is 0.245. The maximum absolute atomic E-state index is 6.13. The van der Waals surface area contributed by atoms with Gasteiger partial charge in [0.15, 0.2) is 11.5 Å². The lowest BCUT2D eigenvalue weighted by molar-refractivity contribution is 0.282. The molecule has 0 aliphatic heterocycles. The first-order chi connectivity index (χ1) is 10.1. The Morgan fingerprint density at radius 1 is 1.19 bits per heavy atom. The molecule has 112 valence electrons. The summed E-state index contributed by atoms with van der Waals surface area (Å²) >= 11 is 15.7. The van der Waals surface area contributed by atoms with Crippen LogP contribution in [0.3, 0.4) is 0 Å². The monoisotopic (exact) mass is 389 g/mol. The quantitative estimate of drug-likeness (QED) is 0.797. The molecular weight excluding hydrogens is 377 g/mol. The van der Waals surface area contributed by atoms with Crippen molar-refractivity contribution in [3.05, 3.63) is 56.0 Å². The third kappa shape index (κ3) is 3.83. The molecule has 2 rings (SSSR count). The number of hydrogen-bond donors (Lipinski definition) is 1. The fraction of sp³-hybridized carbons (Fsp3) is 0.200. The predicted molar refractivity (Wildman–Crippen MR) is 89.4 cm³/mol. The minimum absolute atomic E-state index is 0.245. The Kier molecular flexibility index (Phi) is 5.76. The van der Waals surface area contributed by atoms with Crippen LogP contribution in [0.25, 0.3) is 0 Å². The van der Waals surface area contributed by atoms with Gasteiger partial charge < -0.3 is 15.2 Å². The highest BCUT2D eigenvalue weighted by Crippen LogP contribution is 2.38. The van der Waals surface area contributed by atoms with Gasteiger partial charge in [0.2, 0.25) is 0 Å². The maximum atomic E-state index is 6.13. The summed E-state index contributed by atoms with van der Waals surface area (Å²) in [4.78, 5) is 0. The van der Waals surface area contributed by atoms with E-state index in [4.69, 9.17) is 38.4 Å². The number of benzene rings is 2. The largest absolute Gasteiger partial charge is 0.493 e. The van der Waals surface area contributed by atoms with Crippen molar-refractivity contribution in [3.63, 3.8) is 0 Å². The number of halogens is 3. The fourth-order valence-corrected chi connectivity index (χ4v) is 2.96. The number of methoxy groups -OCH3 is 1. The summed E-state index contributed by atoms with van der Waals surface area (Å²) in [6.45, 7) is 0.668. The maximum Gasteiger partial charge on any atom is 0.175 e. The van der Waals surface area contributed by atoms with Crippen LogP contribution in [-0.4, -0.2) is 7.11 Å². The van der Waals surface area contributed by atoms with Crippen LogP contribution in [0.2, 0.25) is 10.0 Å². The molecule has 0 bridgehead atoms. The lowest BCUT2D eigenvalue weighted by Crippen LogP contribution is -2.02. The zero-order valence-corrected chi connectivity index (χ0v) is 14.4. The number of nitrogens with two attached hydrogens (primary N) is 1. The minimum Gasteiger partial charge on any atom is -0.493 e. The van der Waals surface area contributed by atoms with Gasteiger partial charge in [0.05, 0.1) is 11.6 Å². The van der Waals surface area contributed by atoms with Gasteiger partial charge >= 0.3 is 0 Å². The lowest BCUT2D eigenvalue weighted by Gasteiger charge is -2.15. The van der Waals surface area contributed by atoms with E-state index in [2.05, 4.69) is 15.9 Å². The van der Waals surface area contributed by atoms with E-state index in [-0.39, 0.29) is 6.61 Å². The summed E-state index contributed by atoms with van der Waals surface area (Å²) in [5.74, 6) is 1.19. The Labute approximate surface area is 142 Å². The molecule has 2 aromatic rings. The van der Waals surface area contributed by atoms with E-state index in [1.807, 2.05) is 12.1 Å². The number of rotatable bonds is 5. The molecule has 3 nitrogen and oxygen atoms in total. The van der Waals surface area contributed by atoms with Crippen LogP contribution in [0.15, 0.2) is 34.8 Å². The molecule has 2 N–H and O–H groups in total. The first-order valence-corrected chi connectivity index (χ1v) is 7.74. The van der Waals surface area contributed by atoms with Crippen LogP contribution in [0.1, 0.15) is 11.1 Å². The number of ether oxygens (including phenoxy) is 2. The molecule has 0 unspecified atom stereocenters. The van der Waals surface area contributed by atoms with Crippen molar-refractivity contribution in [3.8, 4) is 11.5 Å². The van der Waals surface area contributed by atoms with Gasteiger partial charge in [-0.1, -0.05) is 29.3 Å². The van der Waals surface area contributed by atoms with Gasteiger partial charge in [-0.05, 0) is 45.8 Å². The summed E-state index contributed by atoms with van der Waals surface area (Å²) in [7, 11) is 1.58. The van der Waals surface area contributed by atoms with Crippen molar-refractivity contribution in [2.75, 3.05) is 7.11 Å². The average molecular weight is 391 g/mol. The van der Waals surface area contributed by atoms with Crippen molar-refractivity contribution in [2.45, 2.75) is 13.2 Å². The van der Waals surface area contributed by atoms with Crippen molar-refractivity contribution in [2.24, 2.45) is 5.73 Å². The molecule has 0 saturated carbocycles. The molecule has 0 atom stereocenters. The average Bonchev–Trinajstić information content (AvgIpc) is 2.47. The van der Waals surface area contributed by atoms with Crippen LogP contribution in [0.5, 0.6) is 11.5 Å². The highest BCUT2D eigenvalue weighted by Gasteiger charge is 2.13. The van der Waals surface area contributed by atoms with E-state index in [0.29, 0.717) is 28.1 Å². The first kappa shape index (κ1) is 16.4. The summed E-state index contributed by atoms with van der Waals surface area (Å²) < 4.78 is 11.9. The van der Waals surface area contributed by atoms with Gasteiger partial charge in [0, 0.05) is 22.2 Å². The first-order valence-electron chi connectivity index (χ1n) is 6.19. The van der Waals surface area contributed by atoms with E-state index in [1.165, 1.54) is 0 Å². The van der Waals surface area contributed by atoms with Gasteiger partial charge in [0.1, 0.15) is 6.61 Å². The Balaban J connectivity index is 2.28. The standard InChI is InChI=1S/C15H14BrCl2NO2/c1-20-14-6-9(7-19)5-11(16)15(14)21-8-10-12(17)3-2-4-13(10)18/h2-6H,7-8,19H2,1H3. The summed E-state index contributed by atoms with van der Waals surface area (Å²) in [5.41, 5.74) is 7.33. The molecule has 0 amide bonds. The second-order valence-electron chi connectivity index (χ2n) is 4.30. The van der Waals surface area contributed by atoms with E-state index in [0.717, 1.165) is 15.6 Å². The fourth-order valence-electron chi connectivity index (χ4n) is 1.85. The van der Waals surface area contributed by atoms with Crippen LogP contribution in [0.4, 0.5) is 0 Å². The van der Waals surface area contributed by atoms with E-state index in [9.17, 15) is 0 Å². The zero-order valence-electron chi connectivity index (χ0n) is 11.3. The van der Waals surface area contributed by atoms with Gasteiger partial charge in [-0.2, -0.15) is 0 Å². The van der Waals surface area contributed by atoms with Gasteiger partial charge in [-0.3, -0.25) is 0 Å². The highest BCUT2D eigenvalue weighted by atomic mass is 79.9. The molecule has 0 radical (unpaired) electrons. The van der Waals surface area contributed by atoms with Crippen molar-refractivity contribution in [1.29, 1.82) is 0 Å². The number of hydrogen-bond acceptors (Lipinski definition) is 3. The lowest BCUT2D eigenvalue weighted by atomic mass is 10.2. The van der Waals surface area contributed by atoms with Gasteiger partial charge in [-0.25, -0.2) is 0 Å². The summed E-state index contributed by atoms with van der Waals surface area (Å²) in [6.07, 6.45) is 0. The predicted octanol–water partition coefficient (Wildman–Crippen LogP) is 4.80. The van der Waals surface area contributed by atoms with Gasteiger partial charge in [-0.15, -0.1) is 0 Å². The van der Waals surface area contributed by atoms with Crippen molar-refractivity contribution >= 4 is 39.1 Å². The molecule has 0 spiro atoms. The molecular formula is C15H14BrCl2NO2. The zero-order chi connectivity index (χ0) is 15.4. The molecule has 0 aliphatic rings. The second-order valence-corrected chi connectivity index (χ2v) is 5.97. The van der Waals surface area contributed by atoms with E-state index >= 15 is 0 Å². The van der Waals surface area contributed by atoms with E-state index in [1.54, 1.807) is 25.3 Å². The highest BCUT2D eigenvalue weighted by molar-refractivity contribution is 9.10. The molecule has 0 heterocycles. The summed E-state index contributed by atoms with van der Waals surface area (Å²) in [6, 6.07) is 9.08. The topological polar surface area (TPSA) is 44.5 Å². The Hall–Kier alpha value is -0.940. The normalized spacial score (nSPS) is 10.5. The van der Waals surface area contributed by atoms with E-state index < -0.39 is 0 Å². The van der Waals surface area contributed by atoms with Crippen LogP contribution < -0.4 is 15.2 Å². The molecule has 6 heteroatoms. The third-order valence-corrected chi connectivity index (χ3v) is 4.24.